The van der Waals surface area contributed by atoms with E-state index in [-0.39, 0.29) is 26.5 Å². The van der Waals surface area contributed by atoms with Crippen molar-refractivity contribution in [2.45, 2.75) is 18.1 Å². The average molecular weight is 336 g/mol. The molecule has 2 rings (SSSR count). The van der Waals surface area contributed by atoms with Crippen LogP contribution in [0.4, 0.5) is 13.2 Å². The molecule has 3 nitrogen and oxygen atoms in total. The quantitative estimate of drug-likeness (QED) is 0.663. The van der Waals surface area contributed by atoms with Gasteiger partial charge in [0, 0.05) is 5.39 Å². The molecule has 1 N–H and O–H groups in total. The highest BCUT2D eigenvalue weighted by Gasteiger charge is 2.32. The minimum absolute atomic E-state index is 0.0871. The molecule has 112 valence electrons. The normalized spacial score (nSPS) is 11.9. The first kappa shape index (κ1) is 15.9. The number of aromatic amines is 1. The summed E-state index contributed by atoms with van der Waals surface area (Å²) in [4.78, 5) is 26.6. The number of ketones is 1. The highest BCUT2D eigenvalue weighted by atomic mass is 35.5. The Labute approximate surface area is 126 Å². The molecule has 0 saturated heterocycles. The van der Waals surface area contributed by atoms with Gasteiger partial charge in [-0.1, -0.05) is 11.6 Å². The van der Waals surface area contributed by atoms with Gasteiger partial charge in [-0.25, -0.2) is 0 Å². The summed E-state index contributed by atoms with van der Waals surface area (Å²) in [6.45, 7) is 1.19. The van der Waals surface area contributed by atoms with Crippen LogP contribution in [0.25, 0.3) is 10.9 Å². The Bertz CT molecular complexity index is 799. The second kappa shape index (κ2) is 5.38. The number of carbonyl (C=O) groups excluding carboxylic acids is 1. The Morgan fingerprint density at radius 3 is 2.43 bits per heavy atom. The summed E-state index contributed by atoms with van der Waals surface area (Å²) in [5, 5.41) is -0.193. The number of carbonyl (C=O) groups is 1. The van der Waals surface area contributed by atoms with Crippen LogP contribution in [-0.4, -0.2) is 17.0 Å². The summed E-state index contributed by atoms with van der Waals surface area (Å²) in [5.41, 5.74) is -1.86. The maximum atomic E-state index is 12.8. The summed E-state index contributed by atoms with van der Waals surface area (Å²) >= 11 is 6.95. The maximum absolute atomic E-state index is 12.8. The first-order valence-electron chi connectivity index (χ1n) is 5.68. The van der Waals surface area contributed by atoms with E-state index in [0.717, 1.165) is 17.8 Å². The molecule has 0 fully saturated rings. The largest absolute Gasteiger partial charge is 0.416 e. The van der Waals surface area contributed by atoms with E-state index in [4.69, 9.17) is 11.6 Å². The van der Waals surface area contributed by atoms with Crippen molar-refractivity contribution >= 4 is 40.0 Å². The molecule has 0 radical (unpaired) electrons. The van der Waals surface area contributed by atoms with Gasteiger partial charge < -0.3 is 4.98 Å². The van der Waals surface area contributed by atoms with Gasteiger partial charge in [-0.2, -0.15) is 13.2 Å². The lowest BCUT2D eigenvalue weighted by molar-refractivity contribution is -0.137. The molecule has 1 heterocycles. The van der Waals surface area contributed by atoms with Crippen molar-refractivity contribution in [2.24, 2.45) is 0 Å². The highest BCUT2D eigenvalue weighted by molar-refractivity contribution is 7.98. The molecule has 21 heavy (non-hydrogen) atoms. The Morgan fingerprint density at radius 2 is 1.95 bits per heavy atom. The molecule has 8 heteroatoms. The van der Waals surface area contributed by atoms with Gasteiger partial charge in [-0.3, -0.25) is 9.59 Å². The van der Waals surface area contributed by atoms with Crippen molar-refractivity contribution in [3.05, 3.63) is 38.5 Å². The fourth-order valence-electron chi connectivity index (χ4n) is 1.96. The molecule has 0 aliphatic heterocycles. The Kier molecular flexibility index (Phi) is 4.08. The van der Waals surface area contributed by atoms with Crippen molar-refractivity contribution in [2.75, 3.05) is 6.26 Å². The van der Waals surface area contributed by atoms with Crippen molar-refractivity contribution in [1.29, 1.82) is 0 Å². The van der Waals surface area contributed by atoms with E-state index in [1.54, 1.807) is 6.26 Å². The molecule has 0 aliphatic rings. The van der Waals surface area contributed by atoms with Gasteiger partial charge in [0.2, 0.25) is 5.43 Å². The third-order valence-electron chi connectivity index (χ3n) is 2.91. The number of rotatable bonds is 2. The number of hydrogen-bond donors (Lipinski definition) is 1. The number of halogens is 4. The average Bonchev–Trinajstić information content (AvgIpc) is 2.37. The molecule has 0 amide bonds. The molecule has 1 aromatic carbocycles. The number of benzene rings is 1. The summed E-state index contributed by atoms with van der Waals surface area (Å²) in [6, 6.07) is 1.45. The van der Waals surface area contributed by atoms with Crippen LogP contribution in [-0.2, 0) is 6.18 Å². The number of alkyl halides is 3. The van der Waals surface area contributed by atoms with Crippen molar-refractivity contribution < 1.29 is 18.0 Å². The number of Topliss-reactive ketones (excluding diaryl/α,β-unsaturated/α-hetero) is 1. The van der Waals surface area contributed by atoms with Crippen molar-refractivity contribution in [3.8, 4) is 0 Å². The first-order chi connectivity index (χ1) is 9.66. The van der Waals surface area contributed by atoms with Gasteiger partial charge in [0.05, 0.1) is 26.7 Å². The lowest BCUT2D eigenvalue weighted by Gasteiger charge is -2.12. The number of nitrogens with one attached hydrogen (secondary N) is 1. The highest BCUT2D eigenvalue weighted by Crippen LogP contribution is 2.34. The zero-order valence-corrected chi connectivity index (χ0v) is 12.5. The molecule has 0 unspecified atom stereocenters. The zero-order valence-electron chi connectivity index (χ0n) is 10.9. The van der Waals surface area contributed by atoms with E-state index < -0.39 is 23.0 Å². The second-order valence-corrected chi connectivity index (χ2v) is 5.52. The van der Waals surface area contributed by atoms with Crippen LogP contribution < -0.4 is 5.43 Å². The van der Waals surface area contributed by atoms with E-state index in [2.05, 4.69) is 4.98 Å². The van der Waals surface area contributed by atoms with E-state index in [9.17, 15) is 22.8 Å². The number of fused-ring (bicyclic) bond motifs is 1. The van der Waals surface area contributed by atoms with Gasteiger partial charge in [0.25, 0.3) is 0 Å². The number of hydrogen-bond acceptors (Lipinski definition) is 3. The van der Waals surface area contributed by atoms with E-state index in [1.165, 1.54) is 6.92 Å². The van der Waals surface area contributed by atoms with Gasteiger partial charge in [0.1, 0.15) is 0 Å². The topological polar surface area (TPSA) is 49.9 Å². The number of aromatic nitrogens is 1. The lowest BCUT2D eigenvalue weighted by Crippen LogP contribution is -2.17. The fraction of sp³-hybridized carbons (Fsp3) is 0.231. The van der Waals surface area contributed by atoms with Gasteiger partial charge >= 0.3 is 6.18 Å². The third-order valence-corrected chi connectivity index (χ3v) is 3.92. The van der Waals surface area contributed by atoms with Crippen molar-refractivity contribution in [1.82, 2.24) is 4.98 Å². The SMILES string of the molecule is CSc1[nH]c2c(Cl)cc(C(F)(F)F)cc2c(=O)c1C(C)=O. The van der Waals surface area contributed by atoms with Gasteiger partial charge in [-0.15, -0.1) is 11.8 Å². The maximum Gasteiger partial charge on any atom is 0.416 e. The summed E-state index contributed by atoms with van der Waals surface area (Å²) in [5.74, 6) is -0.518. The number of H-pyrrole nitrogens is 1. The van der Waals surface area contributed by atoms with Crippen LogP contribution in [0.15, 0.2) is 22.0 Å². The standard InChI is InChI=1S/C13H9ClF3NO2S/c1-5(19)9-11(20)7-3-6(13(15,16)17)4-8(14)10(7)18-12(9)21-2/h3-4H,1-2H3,(H,18,20). The zero-order chi connectivity index (χ0) is 15.9. The molecular formula is C13H9ClF3NO2S. The smallest absolute Gasteiger partial charge is 0.348 e. The fourth-order valence-corrected chi connectivity index (χ4v) is 2.87. The van der Waals surface area contributed by atoms with Gasteiger partial charge in [-0.05, 0) is 25.3 Å². The Balaban J connectivity index is 2.96. The Hall–Kier alpha value is -1.47. The minimum atomic E-state index is -4.63. The Morgan fingerprint density at radius 1 is 1.33 bits per heavy atom. The summed E-state index contributed by atoms with van der Waals surface area (Å²) in [7, 11) is 0. The van der Waals surface area contributed by atoms with Gasteiger partial charge in [0.15, 0.2) is 5.78 Å². The van der Waals surface area contributed by atoms with Crippen LogP contribution >= 0.6 is 23.4 Å². The summed E-state index contributed by atoms with van der Waals surface area (Å²) in [6.07, 6.45) is -2.99. The second-order valence-electron chi connectivity index (χ2n) is 4.30. The van der Waals surface area contributed by atoms with E-state index in [1.807, 2.05) is 0 Å². The van der Waals surface area contributed by atoms with Crippen LogP contribution in [0.2, 0.25) is 5.02 Å². The molecule has 0 aliphatic carbocycles. The molecule has 0 bridgehead atoms. The molecule has 0 spiro atoms. The van der Waals surface area contributed by atoms with Crippen LogP contribution in [0.5, 0.6) is 0 Å². The van der Waals surface area contributed by atoms with Crippen LogP contribution in [0.3, 0.4) is 0 Å². The lowest BCUT2D eigenvalue weighted by atomic mass is 10.1. The predicted molar refractivity (Wildman–Crippen MR) is 76.4 cm³/mol. The van der Waals surface area contributed by atoms with Crippen LogP contribution in [0, 0.1) is 0 Å². The summed E-state index contributed by atoms with van der Waals surface area (Å²) < 4.78 is 38.4. The minimum Gasteiger partial charge on any atom is -0.348 e. The molecule has 2 aromatic rings. The third kappa shape index (κ3) is 2.80. The molecule has 0 saturated carbocycles. The van der Waals surface area contributed by atoms with Crippen LogP contribution in [0.1, 0.15) is 22.8 Å². The number of thioether (sulfide) groups is 1. The predicted octanol–water partition coefficient (Wildman–Crippen LogP) is 4.12. The molecular weight excluding hydrogens is 327 g/mol. The first-order valence-corrected chi connectivity index (χ1v) is 7.28. The number of pyridine rings is 1. The van der Waals surface area contributed by atoms with E-state index >= 15 is 0 Å². The van der Waals surface area contributed by atoms with Crippen molar-refractivity contribution in [3.63, 3.8) is 0 Å². The molecule has 0 atom stereocenters. The monoisotopic (exact) mass is 335 g/mol. The molecule has 1 aromatic heterocycles. The van der Waals surface area contributed by atoms with E-state index in [0.29, 0.717) is 6.07 Å².